The molecule has 1 aromatic carbocycles. The first-order valence-corrected chi connectivity index (χ1v) is 25.3. The number of aromatic nitrogens is 1. The Morgan fingerprint density at radius 2 is 1.70 bits per heavy atom. The second-order valence-corrected chi connectivity index (χ2v) is 22.8. The van der Waals surface area contributed by atoms with Gasteiger partial charge >= 0.3 is 6.09 Å². The average Bonchev–Trinajstić information content (AvgIpc) is 4.23. The molecule has 16 heteroatoms. The number of para-hydroxylation sites is 1. The van der Waals surface area contributed by atoms with Gasteiger partial charge in [0.15, 0.2) is 0 Å². The molecule has 2 bridgehead atoms. The molecule has 0 spiro atoms. The normalized spacial score (nSPS) is 32.0. The molecule has 2 saturated heterocycles. The molecule has 4 amide bonds. The number of amides is 4. The van der Waals surface area contributed by atoms with E-state index in [1.807, 2.05) is 31.2 Å². The van der Waals surface area contributed by atoms with Gasteiger partial charge in [-0.05, 0) is 108 Å². The number of hydrogen-bond donors (Lipinski definition) is 3. The molecule has 3 aliphatic heterocycles. The van der Waals surface area contributed by atoms with Crippen molar-refractivity contribution < 1.29 is 41.8 Å². The van der Waals surface area contributed by atoms with Crippen LogP contribution >= 0.6 is 0 Å². The Hall–Kier alpha value is -4.44. The predicted molar refractivity (Wildman–Crippen MR) is 240 cm³/mol. The fourth-order valence-electron chi connectivity index (χ4n) is 10.8. The van der Waals surface area contributed by atoms with Gasteiger partial charge in [-0.1, -0.05) is 57.2 Å². The number of nitrogens with zero attached hydrogens (tertiary/aromatic N) is 3. The summed E-state index contributed by atoms with van der Waals surface area (Å²) in [5.74, 6) is -0.966. The standard InChI is InChI=1S/C48H66N6O9S/c1-5-31-28-48(31,44(57)52-64(59,60)47(3)22-23-47)51-41(55)37-27-33-29-54(37)43(56)40(46(2)20-12-7-13-21-46)50-45(58)63-38-26-30(38)14-8-6-9-16-35-39(61-32-18-24-53(4)25-19-32)34-15-10-11-17-36(34)49-42(35)62-33/h5,10-11,15,17,30-33,37-38,40H,1,6-9,12-14,16,18-29H2,2-4H3,(H,50,58)(H,51,55)(H,52,57)/t30-,31-,33-,37+,38-,40-,48-/m1/s1. The van der Waals surface area contributed by atoms with Crippen LogP contribution in [0.5, 0.6) is 11.6 Å². The highest BCUT2D eigenvalue weighted by Crippen LogP contribution is 2.48. The van der Waals surface area contributed by atoms with E-state index in [2.05, 4.69) is 33.9 Å². The van der Waals surface area contributed by atoms with Crippen LogP contribution in [0.1, 0.15) is 122 Å². The van der Waals surface area contributed by atoms with Crippen molar-refractivity contribution in [2.24, 2.45) is 17.3 Å². The maximum Gasteiger partial charge on any atom is 0.408 e. The van der Waals surface area contributed by atoms with E-state index in [9.17, 15) is 22.8 Å². The highest BCUT2D eigenvalue weighted by Gasteiger charge is 2.63. The van der Waals surface area contributed by atoms with Crippen LogP contribution in [0.4, 0.5) is 4.79 Å². The monoisotopic (exact) mass is 902 g/mol. The van der Waals surface area contributed by atoms with Gasteiger partial charge < -0.3 is 34.6 Å². The number of carbonyl (C=O) groups is 4. The Kier molecular flexibility index (Phi) is 12.2. The number of sulfonamides is 1. The lowest BCUT2D eigenvalue weighted by Crippen LogP contribution is -2.61. The number of pyridine rings is 1. The van der Waals surface area contributed by atoms with Gasteiger partial charge in [-0.25, -0.2) is 18.2 Å². The summed E-state index contributed by atoms with van der Waals surface area (Å²) in [6, 6.07) is 5.78. The van der Waals surface area contributed by atoms with E-state index in [-0.39, 0.29) is 37.5 Å². The summed E-state index contributed by atoms with van der Waals surface area (Å²) < 4.78 is 47.6. The maximum atomic E-state index is 15.3. The molecule has 0 unspecified atom stereocenters. The second-order valence-electron chi connectivity index (χ2n) is 20.6. The molecular formula is C48H66N6O9S. The first-order valence-electron chi connectivity index (χ1n) is 23.8. The summed E-state index contributed by atoms with van der Waals surface area (Å²) >= 11 is 0. The summed E-state index contributed by atoms with van der Waals surface area (Å²) in [4.78, 5) is 66.7. The Balaban J connectivity index is 1.08. The number of likely N-dealkylation sites (tertiary alicyclic amines) is 1. The fraction of sp³-hybridized carbons (Fsp3) is 0.688. The molecule has 15 nitrogen and oxygen atoms in total. The molecule has 1 aromatic heterocycles. The van der Waals surface area contributed by atoms with Crippen LogP contribution in [0.15, 0.2) is 36.9 Å². The van der Waals surface area contributed by atoms with Crippen molar-refractivity contribution in [3.05, 3.63) is 42.5 Å². The van der Waals surface area contributed by atoms with Gasteiger partial charge in [0.2, 0.25) is 27.7 Å². The maximum absolute atomic E-state index is 15.3. The van der Waals surface area contributed by atoms with Crippen LogP contribution in [-0.4, -0.2) is 114 Å². The highest BCUT2D eigenvalue weighted by molar-refractivity contribution is 7.91. The molecule has 348 valence electrons. The van der Waals surface area contributed by atoms with E-state index in [1.54, 1.807) is 13.0 Å². The third-order valence-electron chi connectivity index (χ3n) is 15.7. The lowest BCUT2D eigenvalue weighted by Gasteiger charge is -2.42. The minimum atomic E-state index is -4.01. The number of carbonyl (C=O) groups excluding carboxylic acids is 4. The van der Waals surface area contributed by atoms with Gasteiger partial charge in [0.25, 0.3) is 5.91 Å². The first-order chi connectivity index (χ1) is 30.6. The largest absolute Gasteiger partial charge is 0.489 e. The van der Waals surface area contributed by atoms with E-state index in [1.165, 1.54) is 4.90 Å². The van der Waals surface area contributed by atoms with E-state index in [4.69, 9.17) is 19.2 Å². The van der Waals surface area contributed by atoms with Gasteiger partial charge in [0.1, 0.15) is 41.7 Å². The van der Waals surface area contributed by atoms with Crippen LogP contribution in [0.25, 0.3) is 10.9 Å². The third kappa shape index (κ3) is 8.93. The molecule has 6 fully saturated rings. The van der Waals surface area contributed by atoms with E-state index in [0.29, 0.717) is 43.5 Å². The predicted octanol–water partition coefficient (Wildman–Crippen LogP) is 5.69. The Labute approximate surface area is 377 Å². The first kappa shape index (κ1) is 44.7. The number of nitrogens with one attached hydrogen (secondary N) is 3. The van der Waals surface area contributed by atoms with Crippen molar-refractivity contribution >= 4 is 44.7 Å². The molecule has 3 N–H and O–H groups in total. The molecule has 4 aliphatic carbocycles. The molecule has 7 atom stereocenters. The number of hydrogen-bond acceptors (Lipinski definition) is 11. The molecule has 64 heavy (non-hydrogen) atoms. The quantitative estimate of drug-likeness (QED) is 0.263. The van der Waals surface area contributed by atoms with Crippen LogP contribution in [0.2, 0.25) is 0 Å². The Morgan fingerprint density at radius 3 is 2.42 bits per heavy atom. The van der Waals surface area contributed by atoms with Crippen molar-refractivity contribution in [3.63, 3.8) is 0 Å². The van der Waals surface area contributed by atoms with E-state index >= 15 is 4.79 Å². The molecular weight excluding hydrogens is 837 g/mol. The van der Waals surface area contributed by atoms with E-state index in [0.717, 1.165) is 94.0 Å². The minimum Gasteiger partial charge on any atom is -0.489 e. The fourth-order valence-corrected chi connectivity index (χ4v) is 12.1. The number of piperidine rings is 1. The lowest BCUT2D eigenvalue weighted by atomic mass is 9.70. The van der Waals surface area contributed by atoms with Gasteiger partial charge in [-0.15, -0.1) is 6.58 Å². The van der Waals surface area contributed by atoms with Gasteiger partial charge in [-0.3, -0.25) is 19.1 Å². The average molecular weight is 903 g/mol. The van der Waals surface area contributed by atoms with E-state index < -0.39 is 73.6 Å². The highest BCUT2D eigenvalue weighted by atomic mass is 32.2. The summed E-state index contributed by atoms with van der Waals surface area (Å²) in [5, 5.41) is 6.84. The summed E-state index contributed by atoms with van der Waals surface area (Å²) in [5.41, 5.74) is -0.608. The summed E-state index contributed by atoms with van der Waals surface area (Å²) in [7, 11) is -1.89. The molecule has 2 aromatic rings. The van der Waals surface area contributed by atoms with Crippen molar-refractivity contribution in [3.8, 4) is 11.6 Å². The third-order valence-corrected chi connectivity index (χ3v) is 17.8. The molecule has 7 aliphatic rings. The summed E-state index contributed by atoms with van der Waals surface area (Å²) in [6.45, 7) is 9.35. The van der Waals surface area contributed by atoms with Gasteiger partial charge in [0, 0.05) is 30.8 Å². The Bertz CT molecular complexity index is 2270. The smallest absolute Gasteiger partial charge is 0.408 e. The lowest BCUT2D eigenvalue weighted by molar-refractivity contribution is -0.143. The zero-order valence-corrected chi connectivity index (χ0v) is 38.5. The van der Waals surface area contributed by atoms with Crippen molar-refractivity contribution in [2.45, 2.75) is 164 Å². The number of rotatable bonds is 9. The Morgan fingerprint density at radius 1 is 0.969 bits per heavy atom. The number of fused-ring (bicyclic) bond motifs is 5. The minimum absolute atomic E-state index is 0.000834. The zero-order chi connectivity index (χ0) is 45.0. The topological polar surface area (TPSA) is 186 Å². The molecule has 0 radical (unpaired) electrons. The van der Waals surface area contributed by atoms with Crippen LogP contribution in [0, 0.1) is 17.3 Å². The SMILES string of the molecule is C=C[C@@H]1C[C@]1(NC(=O)[C@@H]1C[C@@H]2CN1C(=O)[C@H](C1(C)CCCCC1)NC(=O)O[C@@H]1C[C@H]1CCCCCc1c(nc3ccccc3c1OC1CCN(C)CC1)O2)C(=O)NS(=O)(=O)C1(C)CC1. The van der Waals surface area contributed by atoms with Crippen LogP contribution < -0.4 is 24.8 Å². The van der Waals surface area contributed by atoms with Crippen molar-refractivity contribution in [1.82, 2.24) is 30.1 Å². The summed E-state index contributed by atoms with van der Waals surface area (Å²) in [6.07, 6.45) is 12.2. The molecule has 4 heterocycles. The van der Waals surface area contributed by atoms with Crippen LogP contribution in [0.3, 0.4) is 0 Å². The number of alkyl carbamates (subject to hydrolysis) is 1. The van der Waals surface area contributed by atoms with Crippen LogP contribution in [-0.2, 0) is 35.6 Å². The van der Waals surface area contributed by atoms with Gasteiger partial charge in [-0.2, -0.15) is 0 Å². The zero-order valence-electron chi connectivity index (χ0n) is 37.7. The number of benzene rings is 1. The van der Waals surface area contributed by atoms with Gasteiger partial charge in [0.05, 0.1) is 22.4 Å². The van der Waals surface area contributed by atoms with Crippen molar-refractivity contribution in [2.75, 3.05) is 26.7 Å². The van der Waals surface area contributed by atoms with Crippen molar-refractivity contribution in [1.29, 1.82) is 0 Å². The second kappa shape index (κ2) is 17.4. The number of ether oxygens (including phenoxy) is 3. The molecule has 4 saturated carbocycles. The molecule has 9 rings (SSSR count).